The average Bonchev–Trinajstić information content (AvgIpc) is 2.26. The first kappa shape index (κ1) is 13.0. The summed E-state index contributed by atoms with van der Waals surface area (Å²) in [5, 5.41) is 3.41. The molecule has 0 saturated heterocycles. The molecule has 1 aromatic rings. The molecule has 3 heteroatoms. The van der Waals surface area contributed by atoms with E-state index in [9.17, 15) is 0 Å². The van der Waals surface area contributed by atoms with Crippen LogP contribution in [0.25, 0.3) is 0 Å². The smallest absolute Gasteiger partial charge is 0.0589 e. The van der Waals surface area contributed by atoms with E-state index in [0.29, 0.717) is 0 Å². The summed E-state index contributed by atoms with van der Waals surface area (Å²) in [4.78, 5) is 2.26. The van der Waals surface area contributed by atoms with Gasteiger partial charge in [0.25, 0.3) is 0 Å². The summed E-state index contributed by atoms with van der Waals surface area (Å²) in [7, 11) is 3.84. The van der Waals surface area contributed by atoms with Crippen LogP contribution in [0, 0.1) is 6.92 Å². The zero-order valence-electron chi connectivity index (χ0n) is 10.5. The molecule has 0 radical (unpaired) electrons. The van der Waals surface area contributed by atoms with Crippen molar-refractivity contribution < 1.29 is 4.74 Å². The summed E-state index contributed by atoms with van der Waals surface area (Å²) in [6.45, 7) is 5.86. The topological polar surface area (TPSA) is 24.5 Å². The van der Waals surface area contributed by atoms with Gasteiger partial charge in [-0.15, -0.1) is 0 Å². The molecule has 0 aliphatic heterocycles. The van der Waals surface area contributed by atoms with Crippen molar-refractivity contribution in [1.82, 2.24) is 4.90 Å². The number of likely N-dealkylation sites (N-methyl/N-ethyl adjacent to an activating group) is 1. The molecule has 0 heterocycles. The molecule has 0 aliphatic rings. The van der Waals surface area contributed by atoms with Gasteiger partial charge in [0.15, 0.2) is 0 Å². The number of nitrogens with one attached hydrogen (secondary N) is 1. The van der Waals surface area contributed by atoms with Crippen LogP contribution in [0.5, 0.6) is 0 Å². The third-order valence-electron chi connectivity index (χ3n) is 2.52. The molecule has 1 aromatic carbocycles. The minimum absolute atomic E-state index is 0.793. The van der Waals surface area contributed by atoms with E-state index in [0.717, 1.165) is 26.2 Å². The molecule has 0 bridgehead atoms. The summed E-state index contributed by atoms with van der Waals surface area (Å²) < 4.78 is 5.03. The van der Waals surface area contributed by atoms with Crippen LogP contribution in [0.3, 0.4) is 0 Å². The molecule has 0 atom stereocenters. The van der Waals surface area contributed by atoms with E-state index in [-0.39, 0.29) is 0 Å². The monoisotopic (exact) mass is 222 g/mol. The number of nitrogens with zero attached hydrogens (tertiary/aromatic N) is 1. The van der Waals surface area contributed by atoms with Crippen molar-refractivity contribution >= 4 is 5.69 Å². The lowest BCUT2D eigenvalue weighted by molar-refractivity contribution is 0.163. The van der Waals surface area contributed by atoms with Crippen molar-refractivity contribution in [1.29, 1.82) is 0 Å². The van der Waals surface area contributed by atoms with Crippen molar-refractivity contribution in [2.75, 3.05) is 45.7 Å². The van der Waals surface area contributed by atoms with Gasteiger partial charge in [0.2, 0.25) is 0 Å². The second-order valence-electron chi connectivity index (χ2n) is 4.09. The Morgan fingerprint density at radius 3 is 2.81 bits per heavy atom. The molecular formula is C13H22N2O. The summed E-state index contributed by atoms with van der Waals surface area (Å²) in [5.74, 6) is 0. The predicted molar refractivity (Wildman–Crippen MR) is 69.0 cm³/mol. The summed E-state index contributed by atoms with van der Waals surface area (Å²) in [6.07, 6.45) is 0. The maximum atomic E-state index is 5.03. The zero-order valence-corrected chi connectivity index (χ0v) is 10.5. The molecule has 0 aliphatic carbocycles. The summed E-state index contributed by atoms with van der Waals surface area (Å²) in [5.41, 5.74) is 2.48. The highest BCUT2D eigenvalue weighted by Gasteiger charge is 1.97. The van der Waals surface area contributed by atoms with Gasteiger partial charge < -0.3 is 15.0 Å². The largest absolute Gasteiger partial charge is 0.384 e. The minimum atomic E-state index is 0.793. The van der Waals surface area contributed by atoms with Gasteiger partial charge in [0.1, 0.15) is 0 Å². The third kappa shape index (κ3) is 5.14. The molecule has 0 saturated carbocycles. The lowest BCUT2D eigenvalue weighted by Crippen LogP contribution is -2.28. The van der Waals surface area contributed by atoms with Gasteiger partial charge >= 0.3 is 0 Å². The maximum Gasteiger partial charge on any atom is 0.0589 e. The highest BCUT2D eigenvalue weighted by Crippen LogP contribution is 2.08. The van der Waals surface area contributed by atoms with Crippen molar-refractivity contribution in [2.45, 2.75) is 6.92 Å². The van der Waals surface area contributed by atoms with Gasteiger partial charge in [-0.05, 0) is 31.7 Å². The Morgan fingerprint density at radius 2 is 2.12 bits per heavy atom. The van der Waals surface area contributed by atoms with E-state index >= 15 is 0 Å². The van der Waals surface area contributed by atoms with Gasteiger partial charge in [-0.3, -0.25) is 0 Å². The molecular weight excluding hydrogens is 200 g/mol. The number of rotatable bonds is 7. The fourth-order valence-corrected chi connectivity index (χ4v) is 1.51. The average molecular weight is 222 g/mol. The Kier molecular flexibility index (Phi) is 5.90. The first-order chi connectivity index (χ1) is 7.72. The standard InChI is InChI=1S/C13H22N2O/c1-12-5-4-6-13(11-12)14-7-8-15(2)9-10-16-3/h4-6,11,14H,7-10H2,1-3H3. The van der Waals surface area contributed by atoms with Crippen LogP contribution >= 0.6 is 0 Å². The van der Waals surface area contributed by atoms with E-state index in [4.69, 9.17) is 4.74 Å². The summed E-state index contributed by atoms with van der Waals surface area (Å²) in [6, 6.07) is 8.44. The van der Waals surface area contributed by atoms with Gasteiger partial charge in [-0.2, -0.15) is 0 Å². The van der Waals surface area contributed by atoms with E-state index in [2.05, 4.69) is 48.5 Å². The van der Waals surface area contributed by atoms with E-state index < -0.39 is 0 Å². The molecule has 1 N–H and O–H groups in total. The number of benzene rings is 1. The Bertz CT molecular complexity index is 302. The molecule has 0 spiro atoms. The highest BCUT2D eigenvalue weighted by molar-refractivity contribution is 5.45. The maximum absolute atomic E-state index is 5.03. The number of hydrogen-bond donors (Lipinski definition) is 1. The highest BCUT2D eigenvalue weighted by atomic mass is 16.5. The van der Waals surface area contributed by atoms with E-state index in [1.54, 1.807) is 7.11 Å². The van der Waals surface area contributed by atoms with Crippen LogP contribution in [0.1, 0.15) is 5.56 Å². The molecule has 90 valence electrons. The Morgan fingerprint density at radius 1 is 1.31 bits per heavy atom. The Labute approximate surface area is 98.4 Å². The minimum Gasteiger partial charge on any atom is -0.384 e. The molecule has 3 nitrogen and oxygen atoms in total. The second-order valence-corrected chi connectivity index (χ2v) is 4.09. The lowest BCUT2D eigenvalue weighted by Gasteiger charge is -2.16. The predicted octanol–water partition coefficient (Wildman–Crippen LogP) is 1.99. The Hall–Kier alpha value is -1.06. The van der Waals surface area contributed by atoms with Crippen LogP contribution in [0.4, 0.5) is 5.69 Å². The third-order valence-corrected chi connectivity index (χ3v) is 2.52. The van der Waals surface area contributed by atoms with Crippen LogP contribution in [0.15, 0.2) is 24.3 Å². The number of ether oxygens (including phenoxy) is 1. The number of anilines is 1. The van der Waals surface area contributed by atoms with E-state index in [1.165, 1.54) is 11.3 Å². The number of methoxy groups -OCH3 is 1. The van der Waals surface area contributed by atoms with Crippen molar-refractivity contribution in [2.24, 2.45) is 0 Å². The van der Waals surface area contributed by atoms with Crippen LogP contribution in [-0.4, -0.2) is 45.3 Å². The fourth-order valence-electron chi connectivity index (χ4n) is 1.51. The van der Waals surface area contributed by atoms with E-state index in [1.807, 2.05) is 0 Å². The van der Waals surface area contributed by atoms with Crippen LogP contribution < -0.4 is 5.32 Å². The molecule has 16 heavy (non-hydrogen) atoms. The molecule has 0 amide bonds. The fraction of sp³-hybridized carbons (Fsp3) is 0.538. The molecule has 1 rings (SSSR count). The SMILES string of the molecule is COCCN(C)CCNc1cccc(C)c1. The Balaban J connectivity index is 2.20. The summed E-state index contributed by atoms with van der Waals surface area (Å²) >= 11 is 0. The van der Waals surface area contributed by atoms with Crippen molar-refractivity contribution in [3.63, 3.8) is 0 Å². The van der Waals surface area contributed by atoms with Gasteiger partial charge in [-0.1, -0.05) is 12.1 Å². The normalized spacial score (nSPS) is 10.8. The first-order valence-corrected chi connectivity index (χ1v) is 5.70. The van der Waals surface area contributed by atoms with Gasteiger partial charge in [0.05, 0.1) is 6.61 Å². The van der Waals surface area contributed by atoms with Gasteiger partial charge in [-0.25, -0.2) is 0 Å². The van der Waals surface area contributed by atoms with Crippen molar-refractivity contribution in [3.8, 4) is 0 Å². The van der Waals surface area contributed by atoms with Crippen LogP contribution in [0.2, 0.25) is 0 Å². The number of hydrogen-bond acceptors (Lipinski definition) is 3. The first-order valence-electron chi connectivity index (χ1n) is 5.70. The molecule has 0 fully saturated rings. The second kappa shape index (κ2) is 7.25. The zero-order chi connectivity index (χ0) is 11.8. The number of aryl methyl sites for hydroxylation is 1. The van der Waals surface area contributed by atoms with Gasteiger partial charge in [0, 0.05) is 32.4 Å². The molecule has 0 aromatic heterocycles. The van der Waals surface area contributed by atoms with Crippen molar-refractivity contribution in [3.05, 3.63) is 29.8 Å². The lowest BCUT2D eigenvalue weighted by atomic mass is 10.2. The van der Waals surface area contributed by atoms with Crippen LogP contribution in [-0.2, 0) is 4.74 Å². The quantitative estimate of drug-likeness (QED) is 0.763. The molecule has 0 unspecified atom stereocenters.